The Kier molecular flexibility index (Phi) is 5.05. The van der Waals surface area contributed by atoms with Gasteiger partial charge in [-0.15, -0.1) is 0 Å². The van der Waals surface area contributed by atoms with Crippen molar-refractivity contribution in [2.24, 2.45) is 7.05 Å². The van der Waals surface area contributed by atoms with E-state index in [2.05, 4.69) is 22.2 Å². The number of likely N-dealkylation sites (tertiary alicyclic amines) is 1. The highest BCUT2D eigenvalue weighted by atomic mass is 16.2. The number of amides is 1. The van der Waals surface area contributed by atoms with E-state index in [0.717, 1.165) is 35.4 Å². The molecule has 0 aliphatic carbocycles. The minimum Gasteiger partial charge on any atom is -0.347 e. The Morgan fingerprint density at radius 2 is 1.97 bits per heavy atom. The monoisotopic (exact) mass is 390 g/mol. The number of carbonyl (C=O) groups is 1. The number of anilines is 1. The average molecular weight is 390 g/mol. The normalized spacial score (nSPS) is 16.3. The first-order valence-corrected chi connectivity index (χ1v) is 9.86. The highest BCUT2D eigenvalue weighted by molar-refractivity contribution is 5.95. The van der Waals surface area contributed by atoms with E-state index in [9.17, 15) is 4.79 Å². The molecule has 1 fully saturated rings. The number of benzene rings is 1. The van der Waals surface area contributed by atoms with Gasteiger partial charge in [-0.1, -0.05) is 30.3 Å². The Morgan fingerprint density at radius 1 is 1.21 bits per heavy atom. The van der Waals surface area contributed by atoms with E-state index in [1.54, 1.807) is 10.9 Å². The second-order valence-electron chi connectivity index (χ2n) is 7.69. The largest absolute Gasteiger partial charge is 0.347 e. The zero-order valence-electron chi connectivity index (χ0n) is 17.3. The summed E-state index contributed by atoms with van der Waals surface area (Å²) < 4.78 is 1.69. The summed E-state index contributed by atoms with van der Waals surface area (Å²) in [6.45, 7) is 2.59. The van der Waals surface area contributed by atoms with Crippen LogP contribution in [0.2, 0.25) is 0 Å². The van der Waals surface area contributed by atoms with Crippen LogP contribution in [0.3, 0.4) is 0 Å². The van der Waals surface area contributed by atoms with Crippen LogP contribution in [-0.2, 0) is 7.05 Å². The predicted octanol–water partition coefficient (Wildman–Crippen LogP) is 3.23. The molecule has 0 saturated carbocycles. The van der Waals surface area contributed by atoms with Crippen LogP contribution in [0.25, 0.3) is 11.1 Å². The van der Waals surface area contributed by atoms with Gasteiger partial charge in [-0.3, -0.25) is 9.48 Å². The molecule has 0 radical (unpaired) electrons. The summed E-state index contributed by atoms with van der Waals surface area (Å²) in [6, 6.07) is 10.0. The lowest BCUT2D eigenvalue weighted by Gasteiger charge is -2.26. The van der Waals surface area contributed by atoms with Crippen LogP contribution in [0.1, 0.15) is 40.6 Å². The molecular formula is C22H26N6O. The summed E-state index contributed by atoms with van der Waals surface area (Å²) in [5.41, 5.74) is 4.35. The van der Waals surface area contributed by atoms with E-state index in [1.165, 1.54) is 0 Å². The molecule has 0 unspecified atom stereocenters. The smallest absolute Gasteiger partial charge is 0.257 e. The van der Waals surface area contributed by atoms with Crippen molar-refractivity contribution in [3.8, 4) is 11.1 Å². The van der Waals surface area contributed by atoms with Gasteiger partial charge in [0.25, 0.3) is 5.91 Å². The van der Waals surface area contributed by atoms with Crippen LogP contribution >= 0.6 is 0 Å². The van der Waals surface area contributed by atoms with E-state index >= 15 is 0 Å². The van der Waals surface area contributed by atoms with E-state index in [4.69, 9.17) is 4.98 Å². The first kappa shape index (κ1) is 19.1. The second-order valence-corrected chi connectivity index (χ2v) is 7.69. The second kappa shape index (κ2) is 7.66. The first-order valence-electron chi connectivity index (χ1n) is 9.86. The van der Waals surface area contributed by atoms with Crippen LogP contribution in [0, 0.1) is 6.92 Å². The Hall–Kier alpha value is -3.22. The number of aromatic nitrogens is 4. The zero-order chi connectivity index (χ0) is 20.5. The standard InChI is InChI=1S/C22H26N6O/c1-15-18(14-27(4)25-15)21(29)28-12-8-11-19(28)20-17(16-9-6-5-7-10-16)13-23-22(24-20)26(2)3/h5-7,9-10,13-14,19H,8,11-12H2,1-4H3/t19-/m1/s1. The quantitative estimate of drug-likeness (QED) is 0.684. The third-order valence-electron chi connectivity index (χ3n) is 5.36. The Labute approximate surface area is 171 Å². The summed E-state index contributed by atoms with van der Waals surface area (Å²) in [4.78, 5) is 26.6. The molecule has 1 amide bonds. The van der Waals surface area contributed by atoms with E-state index in [-0.39, 0.29) is 11.9 Å². The van der Waals surface area contributed by atoms with Gasteiger partial charge < -0.3 is 9.80 Å². The van der Waals surface area contributed by atoms with Gasteiger partial charge in [-0.25, -0.2) is 9.97 Å². The molecule has 4 rings (SSSR count). The zero-order valence-corrected chi connectivity index (χ0v) is 17.3. The van der Waals surface area contributed by atoms with Gasteiger partial charge in [-0.05, 0) is 25.3 Å². The fourth-order valence-electron chi connectivity index (χ4n) is 3.95. The Morgan fingerprint density at radius 3 is 2.62 bits per heavy atom. The molecule has 150 valence electrons. The number of rotatable bonds is 4. The molecule has 1 aliphatic heterocycles. The van der Waals surface area contributed by atoms with Crippen molar-refractivity contribution >= 4 is 11.9 Å². The summed E-state index contributed by atoms with van der Waals surface area (Å²) in [6.07, 6.45) is 5.51. The van der Waals surface area contributed by atoms with Gasteiger partial charge in [0, 0.05) is 45.6 Å². The lowest BCUT2D eigenvalue weighted by atomic mass is 9.99. The fraction of sp³-hybridized carbons (Fsp3) is 0.364. The van der Waals surface area contributed by atoms with Crippen molar-refractivity contribution in [1.82, 2.24) is 24.6 Å². The molecule has 1 saturated heterocycles. The maximum absolute atomic E-state index is 13.4. The number of hydrogen-bond acceptors (Lipinski definition) is 5. The van der Waals surface area contributed by atoms with Crippen LogP contribution < -0.4 is 4.90 Å². The molecule has 0 N–H and O–H groups in total. The summed E-state index contributed by atoms with van der Waals surface area (Å²) in [7, 11) is 5.70. The van der Waals surface area contributed by atoms with Gasteiger partial charge in [0.05, 0.1) is 23.0 Å². The third-order valence-corrected chi connectivity index (χ3v) is 5.36. The van der Waals surface area contributed by atoms with Crippen molar-refractivity contribution in [2.45, 2.75) is 25.8 Å². The van der Waals surface area contributed by atoms with Gasteiger partial charge in [0.15, 0.2) is 0 Å². The Bertz CT molecular complexity index is 1030. The molecule has 3 aromatic rings. The minimum atomic E-state index is -0.0842. The van der Waals surface area contributed by atoms with Gasteiger partial charge in [0.2, 0.25) is 5.95 Å². The topological polar surface area (TPSA) is 67.2 Å². The minimum absolute atomic E-state index is 0.0159. The van der Waals surface area contributed by atoms with E-state index in [1.807, 2.05) is 62.3 Å². The number of nitrogens with zero attached hydrogens (tertiary/aromatic N) is 6. The van der Waals surface area contributed by atoms with Crippen molar-refractivity contribution < 1.29 is 4.79 Å². The maximum Gasteiger partial charge on any atom is 0.257 e. The molecule has 2 aromatic heterocycles. The van der Waals surface area contributed by atoms with Crippen molar-refractivity contribution in [2.75, 3.05) is 25.5 Å². The van der Waals surface area contributed by atoms with Gasteiger partial charge in [0.1, 0.15) is 0 Å². The van der Waals surface area contributed by atoms with Gasteiger partial charge >= 0.3 is 0 Å². The lowest BCUT2D eigenvalue weighted by Crippen LogP contribution is -2.32. The summed E-state index contributed by atoms with van der Waals surface area (Å²) >= 11 is 0. The molecule has 7 nitrogen and oxygen atoms in total. The lowest BCUT2D eigenvalue weighted by molar-refractivity contribution is 0.0732. The van der Waals surface area contributed by atoms with Crippen LogP contribution in [0.5, 0.6) is 0 Å². The Balaban J connectivity index is 1.78. The highest BCUT2D eigenvalue weighted by Gasteiger charge is 2.35. The molecule has 1 atom stereocenters. The first-order chi connectivity index (χ1) is 14.0. The third kappa shape index (κ3) is 3.60. The van der Waals surface area contributed by atoms with E-state index in [0.29, 0.717) is 18.1 Å². The van der Waals surface area contributed by atoms with Crippen molar-refractivity contribution in [3.63, 3.8) is 0 Å². The fourth-order valence-corrected chi connectivity index (χ4v) is 3.95. The molecule has 7 heteroatoms. The van der Waals surface area contributed by atoms with Gasteiger partial charge in [-0.2, -0.15) is 5.10 Å². The molecule has 3 heterocycles. The number of aryl methyl sites for hydroxylation is 2. The summed E-state index contributed by atoms with van der Waals surface area (Å²) in [5, 5.41) is 4.34. The van der Waals surface area contributed by atoms with E-state index < -0.39 is 0 Å². The van der Waals surface area contributed by atoms with Crippen molar-refractivity contribution in [1.29, 1.82) is 0 Å². The summed E-state index contributed by atoms with van der Waals surface area (Å²) in [5.74, 6) is 0.665. The molecule has 29 heavy (non-hydrogen) atoms. The molecule has 0 spiro atoms. The molecule has 1 aromatic carbocycles. The van der Waals surface area contributed by atoms with Crippen molar-refractivity contribution in [3.05, 3.63) is 59.7 Å². The molecule has 1 aliphatic rings. The van der Waals surface area contributed by atoms with Crippen LogP contribution in [0.15, 0.2) is 42.7 Å². The van der Waals surface area contributed by atoms with Crippen LogP contribution in [-0.4, -0.2) is 51.2 Å². The average Bonchev–Trinajstić information content (AvgIpc) is 3.33. The molecular weight excluding hydrogens is 364 g/mol. The SMILES string of the molecule is Cc1nn(C)cc1C(=O)N1CCC[C@@H]1c1nc(N(C)C)ncc1-c1ccccc1. The van der Waals surface area contributed by atoms with Crippen LogP contribution in [0.4, 0.5) is 5.95 Å². The highest BCUT2D eigenvalue weighted by Crippen LogP contribution is 2.38. The molecule has 0 bridgehead atoms. The maximum atomic E-state index is 13.4. The number of carbonyl (C=O) groups excluding carboxylic acids is 1. The number of hydrogen-bond donors (Lipinski definition) is 0. The predicted molar refractivity (Wildman–Crippen MR) is 113 cm³/mol.